The maximum Gasteiger partial charge on any atom is 0.314 e. The van der Waals surface area contributed by atoms with Crippen molar-refractivity contribution >= 4 is 11.7 Å². The van der Waals surface area contributed by atoms with E-state index in [4.69, 9.17) is 10.8 Å². The van der Waals surface area contributed by atoms with Crippen LogP contribution >= 0.6 is 0 Å². The molecule has 1 atom stereocenters. The molecule has 0 bridgehead atoms. The number of hydrogen-bond donors (Lipinski definition) is 2. The Kier molecular flexibility index (Phi) is 2.00. The monoisotopic (exact) mass is 189 g/mol. The van der Waals surface area contributed by atoms with Crippen LogP contribution in [0.3, 0.4) is 0 Å². The van der Waals surface area contributed by atoms with Gasteiger partial charge in [-0.25, -0.2) is 0 Å². The van der Waals surface area contributed by atoms with E-state index >= 15 is 0 Å². The summed E-state index contributed by atoms with van der Waals surface area (Å²) in [7, 11) is 0. The summed E-state index contributed by atoms with van der Waals surface area (Å²) in [5.74, 6) is -1.37. The van der Waals surface area contributed by atoms with Gasteiger partial charge >= 0.3 is 5.97 Å². The number of fused-ring (bicyclic) bond motifs is 1. The molecule has 3 N–H and O–H groups in total. The summed E-state index contributed by atoms with van der Waals surface area (Å²) >= 11 is 0. The largest absolute Gasteiger partial charge is 0.481 e. The zero-order valence-corrected chi connectivity index (χ0v) is 7.60. The Hall–Kier alpha value is -1.77. The third kappa shape index (κ3) is 1.27. The average Bonchev–Trinajstić information content (AvgIpc) is 2.17. The third-order valence-electron chi connectivity index (χ3n) is 2.50. The Morgan fingerprint density at radius 3 is 3.00 bits per heavy atom. The molecule has 14 heavy (non-hydrogen) atoms. The Balaban J connectivity index is 2.54. The van der Waals surface area contributed by atoms with Crippen molar-refractivity contribution in [2.75, 3.05) is 5.73 Å². The molecule has 3 nitrogen and oxygen atoms in total. The summed E-state index contributed by atoms with van der Waals surface area (Å²) in [5, 5.41) is 8.98. The molecule has 0 fully saturated rings. The van der Waals surface area contributed by atoms with Crippen molar-refractivity contribution in [3.05, 3.63) is 41.5 Å². The van der Waals surface area contributed by atoms with E-state index in [0.717, 1.165) is 17.5 Å². The Morgan fingerprint density at radius 2 is 2.29 bits per heavy atom. The smallest absolute Gasteiger partial charge is 0.314 e. The zero-order valence-electron chi connectivity index (χ0n) is 7.60. The fourth-order valence-electron chi connectivity index (χ4n) is 1.79. The number of hydrogen-bond acceptors (Lipinski definition) is 2. The molecule has 0 radical (unpaired) electrons. The van der Waals surface area contributed by atoms with Gasteiger partial charge < -0.3 is 10.8 Å². The van der Waals surface area contributed by atoms with Crippen LogP contribution in [0.5, 0.6) is 0 Å². The van der Waals surface area contributed by atoms with Crippen LogP contribution in [0.15, 0.2) is 30.4 Å². The highest BCUT2D eigenvalue weighted by Gasteiger charge is 2.22. The maximum absolute atomic E-state index is 10.9. The highest BCUT2D eigenvalue weighted by atomic mass is 16.4. The number of nitrogens with two attached hydrogens (primary N) is 1. The van der Waals surface area contributed by atoms with E-state index in [1.54, 1.807) is 18.2 Å². The molecule has 0 spiro atoms. The molecule has 72 valence electrons. The van der Waals surface area contributed by atoms with E-state index in [1.807, 2.05) is 12.1 Å². The van der Waals surface area contributed by atoms with E-state index in [-0.39, 0.29) is 0 Å². The van der Waals surface area contributed by atoms with Crippen molar-refractivity contribution in [3.63, 3.8) is 0 Å². The summed E-state index contributed by atoms with van der Waals surface area (Å²) in [6.45, 7) is 0. The first kappa shape index (κ1) is 8.81. The summed E-state index contributed by atoms with van der Waals surface area (Å²) < 4.78 is 0. The lowest BCUT2D eigenvalue weighted by molar-refractivity contribution is -0.137. The van der Waals surface area contributed by atoms with Crippen molar-refractivity contribution in [1.29, 1.82) is 0 Å². The highest BCUT2D eigenvalue weighted by molar-refractivity contribution is 5.80. The number of aliphatic carboxylic acids is 1. The first-order valence-electron chi connectivity index (χ1n) is 4.47. The number of benzene rings is 1. The molecule has 2 rings (SSSR count). The van der Waals surface area contributed by atoms with Crippen molar-refractivity contribution in [2.24, 2.45) is 0 Å². The number of anilines is 1. The molecule has 3 heteroatoms. The zero-order chi connectivity index (χ0) is 10.1. The number of allylic oxidation sites excluding steroid dienone is 1. The van der Waals surface area contributed by atoms with Crippen LogP contribution in [0, 0.1) is 0 Å². The number of rotatable bonds is 1. The molecular formula is C11H11NO2. The molecule has 0 heterocycles. The molecule has 0 saturated carbocycles. The maximum atomic E-state index is 10.9. The van der Waals surface area contributed by atoms with Gasteiger partial charge in [0.15, 0.2) is 0 Å². The molecule has 1 aliphatic carbocycles. The molecule has 1 aromatic rings. The van der Waals surface area contributed by atoms with Gasteiger partial charge in [0.25, 0.3) is 0 Å². The van der Waals surface area contributed by atoms with Gasteiger partial charge in [-0.2, -0.15) is 0 Å². The number of carboxylic acids is 1. The van der Waals surface area contributed by atoms with Crippen LogP contribution in [0.1, 0.15) is 17.0 Å². The minimum atomic E-state index is -0.826. The number of carbonyl (C=O) groups is 1. The first-order valence-corrected chi connectivity index (χ1v) is 4.47. The summed E-state index contributed by atoms with van der Waals surface area (Å²) in [6.07, 6.45) is 4.30. The SMILES string of the molecule is Nc1cccc2c1CC=CC2C(=O)O. The van der Waals surface area contributed by atoms with Crippen molar-refractivity contribution in [1.82, 2.24) is 0 Å². The lowest BCUT2D eigenvalue weighted by atomic mass is 9.87. The summed E-state index contributed by atoms with van der Waals surface area (Å²) in [6, 6.07) is 5.42. The van der Waals surface area contributed by atoms with Crippen LogP contribution in [0.4, 0.5) is 5.69 Å². The quantitative estimate of drug-likeness (QED) is 0.520. The lowest BCUT2D eigenvalue weighted by Crippen LogP contribution is -2.15. The van der Waals surface area contributed by atoms with Crippen LogP contribution < -0.4 is 5.73 Å². The van der Waals surface area contributed by atoms with E-state index in [2.05, 4.69) is 0 Å². The fourth-order valence-corrected chi connectivity index (χ4v) is 1.79. The van der Waals surface area contributed by atoms with E-state index in [0.29, 0.717) is 5.69 Å². The predicted molar refractivity (Wildman–Crippen MR) is 54.1 cm³/mol. The van der Waals surface area contributed by atoms with Crippen LogP contribution in [-0.2, 0) is 11.2 Å². The number of nitrogen functional groups attached to an aromatic ring is 1. The van der Waals surface area contributed by atoms with Gasteiger partial charge in [-0.3, -0.25) is 4.79 Å². The molecule has 0 saturated heterocycles. The van der Waals surface area contributed by atoms with Gasteiger partial charge in [-0.1, -0.05) is 24.3 Å². The number of carboxylic acid groups (broad SMARTS) is 1. The van der Waals surface area contributed by atoms with Crippen LogP contribution in [0.25, 0.3) is 0 Å². The second-order valence-electron chi connectivity index (χ2n) is 3.36. The van der Waals surface area contributed by atoms with Gasteiger partial charge in [0.1, 0.15) is 5.92 Å². The molecule has 0 aliphatic heterocycles. The minimum absolute atomic E-state index is 0.540. The van der Waals surface area contributed by atoms with Gasteiger partial charge in [0.05, 0.1) is 0 Å². The molecule has 0 aromatic heterocycles. The third-order valence-corrected chi connectivity index (χ3v) is 2.50. The predicted octanol–water partition coefficient (Wildman–Crippen LogP) is 1.55. The lowest BCUT2D eigenvalue weighted by Gasteiger charge is -2.18. The fraction of sp³-hybridized carbons (Fsp3) is 0.182. The summed E-state index contributed by atoms with van der Waals surface area (Å²) in [5.41, 5.74) is 8.22. The average molecular weight is 189 g/mol. The van der Waals surface area contributed by atoms with Gasteiger partial charge in [-0.05, 0) is 23.6 Å². The van der Waals surface area contributed by atoms with E-state index in [9.17, 15) is 4.79 Å². The Bertz CT molecular complexity index is 410. The molecular weight excluding hydrogens is 178 g/mol. The molecule has 1 aliphatic rings. The van der Waals surface area contributed by atoms with Crippen molar-refractivity contribution in [3.8, 4) is 0 Å². The Morgan fingerprint density at radius 1 is 1.50 bits per heavy atom. The van der Waals surface area contributed by atoms with Gasteiger partial charge in [0.2, 0.25) is 0 Å². The second kappa shape index (κ2) is 3.18. The molecule has 1 aromatic carbocycles. The van der Waals surface area contributed by atoms with E-state index < -0.39 is 11.9 Å². The Labute approximate surface area is 81.9 Å². The van der Waals surface area contributed by atoms with Crippen LogP contribution in [0.2, 0.25) is 0 Å². The molecule has 0 amide bonds. The van der Waals surface area contributed by atoms with Gasteiger partial charge in [0, 0.05) is 5.69 Å². The first-order chi connectivity index (χ1) is 6.70. The normalized spacial score (nSPS) is 19.0. The minimum Gasteiger partial charge on any atom is -0.481 e. The second-order valence-corrected chi connectivity index (χ2v) is 3.36. The topological polar surface area (TPSA) is 63.3 Å². The van der Waals surface area contributed by atoms with E-state index in [1.165, 1.54) is 0 Å². The standard InChI is InChI=1S/C11H11NO2/c12-10-6-2-3-7-8(10)4-1-5-9(7)11(13)14/h1-3,5-6,9H,4,12H2,(H,13,14). The highest BCUT2D eigenvalue weighted by Crippen LogP contribution is 2.30. The summed E-state index contributed by atoms with van der Waals surface area (Å²) in [4.78, 5) is 10.9. The van der Waals surface area contributed by atoms with Crippen LogP contribution in [-0.4, -0.2) is 11.1 Å². The van der Waals surface area contributed by atoms with Crippen molar-refractivity contribution in [2.45, 2.75) is 12.3 Å². The van der Waals surface area contributed by atoms with Gasteiger partial charge in [-0.15, -0.1) is 0 Å². The van der Waals surface area contributed by atoms with Crippen molar-refractivity contribution < 1.29 is 9.90 Å². The molecule has 1 unspecified atom stereocenters.